The molecule has 0 bridgehead atoms. The third kappa shape index (κ3) is 3.71. The van der Waals surface area contributed by atoms with Crippen molar-refractivity contribution in [3.05, 3.63) is 0 Å². The summed E-state index contributed by atoms with van der Waals surface area (Å²) >= 11 is 0. The molecule has 0 heterocycles. The molecule has 4 fully saturated rings. The van der Waals surface area contributed by atoms with E-state index < -0.39 is 12.2 Å². The summed E-state index contributed by atoms with van der Waals surface area (Å²) in [6.45, 7) is 13.2. The van der Waals surface area contributed by atoms with Crippen molar-refractivity contribution in [1.82, 2.24) is 0 Å². The first kappa shape index (κ1) is 24.7. The van der Waals surface area contributed by atoms with Crippen molar-refractivity contribution in [1.29, 1.82) is 0 Å². The first-order valence-electron chi connectivity index (χ1n) is 13.5. The van der Waals surface area contributed by atoms with E-state index in [9.17, 15) is 20.1 Å². The van der Waals surface area contributed by atoms with Gasteiger partial charge in [0.25, 0.3) is 0 Å². The molecule has 0 saturated heterocycles. The molecule has 0 amide bonds. The number of hydrogen-bond acceptors (Lipinski definition) is 4. The van der Waals surface area contributed by atoms with Gasteiger partial charge in [-0.2, -0.15) is 0 Å². The molecule has 0 spiro atoms. The van der Waals surface area contributed by atoms with Gasteiger partial charge in [0.15, 0.2) is 0 Å². The standard InChI is InChI=1S/C28H48O4/c1-15(2)16(3)25(31)26(32)17(4)20-7-8-21-19-14-24(30)23-13-18(29)9-11-28(23,6)22(19)10-12-27(20,21)5/h15-23,25-26,29,31-32H,7-14H2,1-6H3/t16-,17+,18+,19+,20-,21+,22+,23-,25+,26+,27-,28-/m1/s1. The maximum atomic E-state index is 13.3. The van der Waals surface area contributed by atoms with Gasteiger partial charge >= 0.3 is 0 Å². The Morgan fingerprint density at radius 2 is 1.50 bits per heavy atom. The minimum Gasteiger partial charge on any atom is -0.393 e. The van der Waals surface area contributed by atoms with E-state index in [4.69, 9.17) is 0 Å². The fraction of sp³-hybridized carbons (Fsp3) is 0.964. The SMILES string of the molecule is CC(C)[C@@H](C)[C@H](O)[C@@H](O)[C@@H](C)[C@H]1CC[C@H]2[C@@H]3CC(=O)[C@H]4C[C@@H](O)CC[C@]4(C)[C@H]3CC[C@]12C. The van der Waals surface area contributed by atoms with Crippen LogP contribution in [0.3, 0.4) is 0 Å². The number of fused-ring (bicyclic) bond motifs is 5. The lowest BCUT2D eigenvalue weighted by molar-refractivity contribution is -0.161. The van der Waals surface area contributed by atoms with Gasteiger partial charge in [-0.25, -0.2) is 0 Å². The molecule has 4 heteroatoms. The van der Waals surface area contributed by atoms with Crippen LogP contribution in [-0.4, -0.2) is 39.4 Å². The van der Waals surface area contributed by atoms with Crippen molar-refractivity contribution in [2.45, 2.75) is 111 Å². The van der Waals surface area contributed by atoms with Crippen LogP contribution in [-0.2, 0) is 4.79 Å². The number of carbonyl (C=O) groups excluding carboxylic acids is 1. The smallest absolute Gasteiger partial charge is 0.136 e. The Hall–Kier alpha value is -0.450. The zero-order valence-electron chi connectivity index (χ0n) is 21.3. The molecule has 0 unspecified atom stereocenters. The molecule has 0 aliphatic heterocycles. The molecule has 4 aliphatic carbocycles. The minimum atomic E-state index is -0.694. The molecule has 0 aromatic heterocycles. The van der Waals surface area contributed by atoms with Crippen LogP contribution in [0.25, 0.3) is 0 Å². The van der Waals surface area contributed by atoms with E-state index in [1.807, 2.05) is 6.92 Å². The molecule has 0 radical (unpaired) electrons. The molecule has 0 aromatic rings. The molecular formula is C28H48O4. The molecule has 4 nitrogen and oxygen atoms in total. The third-order valence-electron chi connectivity index (χ3n) is 11.6. The summed E-state index contributed by atoms with van der Waals surface area (Å²) in [6, 6.07) is 0. The number of hydrogen-bond donors (Lipinski definition) is 3. The first-order chi connectivity index (χ1) is 14.9. The van der Waals surface area contributed by atoms with E-state index in [-0.39, 0.29) is 34.7 Å². The lowest BCUT2D eigenvalue weighted by atomic mass is 9.44. The van der Waals surface area contributed by atoms with Gasteiger partial charge in [0.1, 0.15) is 5.78 Å². The number of ketones is 1. The highest BCUT2D eigenvalue weighted by atomic mass is 16.3. The van der Waals surface area contributed by atoms with Crippen LogP contribution >= 0.6 is 0 Å². The van der Waals surface area contributed by atoms with Gasteiger partial charge < -0.3 is 15.3 Å². The van der Waals surface area contributed by atoms with Crippen molar-refractivity contribution in [2.75, 3.05) is 0 Å². The highest BCUT2D eigenvalue weighted by Crippen LogP contribution is 2.67. The van der Waals surface area contributed by atoms with Crippen LogP contribution < -0.4 is 0 Å². The maximum absolute atomic E-state index is 13.3. The molecule has 184 valence electrons. The molecular weight excluding hydrogens is 400 g/mol. The Morgan fingerprint density at radius 1 is 0.875 bits per heavy atom. The summed E-state index contributed by atoms with van der Waals surface area (Å²) in [5.74, 6) is 2.88. The van der Waals surface area contributed by atoms with Crippen LogP contribution in [0, 0.1) is 58.2 Å². The van der Waals surface area contributed by atoms with Gasteiger partial charge in [0.05, 0.1) is 18.3 Å². The van der Waals surface area contributed by atoms with Gasteiger partial charge in [-0.15, -0.1) is 0 Å². The second-order valence-corrected chi connectivity index (χ2v) is 13.2. The first-order valence-corrected chi connectivity index (χ1v) is 13.5. The highest BCUT2D eigenvalue weighted by molar-refractivity contribution is 5.83. The maximum Gasteiger partial charge on any atom is 0.136 e. The number of Topliss-reactive ketones (excluding diaryl/α,β-unsaturated/α-hetero) is 1. The molecule has 4 rings (SSSR count). The molecule has 3 N–H and O–H groups in total. The molecule has 12 atom stereocenters. The van der Waals surface area contributed by atoms with E-state index in [0.717, 1.165) is 38.5 Å². The third-order valence-corrected chi connectivity index (χ3v) is 11.6. The van der Waals surface area contributed by atoms with Crippen LogP contribution in [0.15, 0.2) is 0 Å². The average Bonchev–Trinajstić information content (AvgIpc) is 3.10. The van der Waals surface area contributed by atoms with Crippen molar-refractivity contribution in [2.24, 2.45) is 58.2 Å². The van der Waals surface area contributed by atoms with E-state index >= 15 is 0 Å². The van der Waals surface area contributed by atoms with Crippen LogP contribution in [0.1, 0.15) is 92.9 Å². The summed E-state index contributed by atoms with van der Waals surface area (Å²) in [4.78, 5) is 13.3. The Morgan fingerprint density at radius 3 is 2.16 bits per heavy atom. The fourth-order valence-corrected chi connectivity index (χ4v) is 9.18. The van der Waals surface area contributed by atoms with Crippen molar-refractivity contribution >= 4 is 5.78 Å². The van der Waals surface area contributed by atoms with Crippen LogP contribution in [0.2, 0.25) is 0 Å². The molecule has 0 aromatic carbocycles. The summed E-state index contributed by atoms with van der Waals surface area (Å²) in [6.07, 6.45) is 6.05. The Labute approximate surface area is 195 Å². The lowest BCUT2D eigenvalue weighted by Gasteiger charge is -2.60. The minimum absolute atomic E-state index is 0.0440. The summed E-state index contributed by atoms with van der Waals surface area (Å²) in [7, 11) is 0. The Kier molecular flexibility index (Phi) is 6.66. The van der Waals surface area contributed by atoms with Gasteiger partial charge in [-0.1, -0.05) is 41.5 Å². The quantitative estimate of drug-likeness (QED) is 0.563. The zero-order valence-corrected chi connectivity index (χ0v) is 21.3. The summed E-state index contributed by atoms with van der Waals surface area (Å²) < 4.78 is 0. The number of aliphatic hydroxyl groups excluding tert-OH is 3. The van der Waals surface area contributed by atoms with Crippen molar-refractivity contribution in [3.63, 3.8) is 0 Å². The van der Waals surface area contributed by atoms with E-state index in [1.165, 1.54) is 0 Å². The normalized spacial score (nSPS) is 47.9. The van der Waals surface area contributed by atoms with E-state index in [0.29, 0.717) is 48.2 Å². The molecule has 4 aliphatic rings. The summed E-state index contributed by atoms with van der Waals surface area (Å²) in [5, 5.41) is 32.2. The van der Waals surface area contributed by atoms with Crippen molar-refractivity contribution < 1.29 is 20.1 Å². The van der Waals surface area contributed by atoms with Gasteiger partial charge in [0, 0.05) is 12.3 Å². The largest absolute Gasteiger partial charge is 0.393 e. The number of aliphatic hydroxyl groups is 3. The monoisotopic (exact) mass is 448 g/mol. The van der Waals surface area contributed by atoms with Gasteiger partial charge in [-0.3, -0.25) is 4.79 Å². The predicted octanol–water partition coefficient (Wildman–Crippen LogP) is 4.84. The second-order valence-electron chi connectivity index (χ2n) is 13.2. The van der Waals surface area contributed by atoms with E-state index in [2.05, 4.69) is 34.6 Å². The zero-order chi connectivity index (χ0) is 23.6. The Bertz CT molecular complexity index is 706. The Balaban J connectivity index is 1.54. The fourth-order valence-electron chi connectivity index (χ4n) is 9.18. The summed E-state index contributed by atoms with van der Waals surface area (Å²) in [5.41, 5.74) is 0.187. The average molecular weight is 449 g/mol. The number of carbonyl (C=O) groups is 1. The van der Waals surface area contributed by atoms with Crippen LogP contribution in [0.4, 0.5) is 0 Å². The number of rotatable bonds is 5. The van der Waals surface area contributed by atoms with Crippen molar-refractivity contribution in [3.8, 4) is 0 Å². The highest BCUT2D eigenvalue weighted by Gasteiger charge is 2.63. The topological polar surface area (TPSA) is 77.8 Å². The van der Waals surface area contributed by atoms with Gasteiger partial charge in [0.2, 0.25) is 0 Å². The molecule has 32 heavy (non-hydrogen) atoms. The lowest BCUT2D eigenvalue weighted by Crippen LogP contribution is -2.57. The second kappa shape index (κ2) is 8.64. The van der Waals surface area contributed by atoms with Gasteiger partial charge in [-0.05, 0) is 97.2 Å². The molecule has 4 saturated carbocycles. The van der Waals surface area contributed by atoms with E-state index in [1.54, 1.807) is 0 Å². The predicted molar refractivity (Wildman–Crippen MR) is 127 cm³/mol. The van der Waals surface area contributed by atoms with Crippen LogP contribution in [0.5, 0.6) is 0 Å².